The largest absolute Gasteiger partial charge is 0.352 e. The smallest absolute Gasteiger partial charge is 0.284 e. The van der Waals surface area contributed by atoms with Crippen LogP contribution >= 0.6 is 27.7 Å². The molecule has 1 atom stereocenters. The van der Waals surface area contributed by atoms with E-state index in [-0.39, 0.29) is 21.6 Å². The second kappa shape index (κ2) is 7.49. The molecule has 1 aromatic rings. The minimum absolute atomic E-state index is 0.106. The van der Waals surface area contributed by atoms with E-state index in [0.29, 0.717) is 11.8 Å². The van der Waals surface area contributed by atoms with Crippen molar-refractivity contribution < 1.29 is 9.72 Å². The maximum atomic E-state index is 11.9. The van der Waals surface area contributed by atoms with E-state index in [1.807, 2.05) is 6.26 Å². The zero-order chi connectivity index (χ0) is 14.4. The molecular formula is C12H15BrN2O3S. The lowest BCUT2D eigenvalue weighted by molar-refractivity contribution is -0.385. The fourth-order valence-electron chi connectivity index (χ4n) is 1.44. The van der Waals surface area contributed by atoms with E-state index in [1.54, 1.807) is 17.8 Å². The first kappa shape index (κ1) is 16.0. The van der Waals surface area contributed by atoms with Crippen LogP contribution in [0.15, 0.2) is 22.7 Å². The van der Waals surface area contributed by atoms with Crippen LogP contribution in [-0.4, -0.2) is 28.9 Å². The lowest BCUT2D eigenvalue weighted by atomic mass is 10.2. The van der Waals surface area contributed by atoms with Crippen LogP contribution in [0.4, 0.5) is 5.69 Å². The van der Waals surface area contributed by atoms with Gasteiger partial charge >= 0.3 is 0 Å². The van der Waals surface area contributed by atoms with Gasteiger partial charge in [0.05, 0.1) is 10.5 Å². The number of thioether (sulfide) groups is 1. The molecule has 1 rings (SSSR count). The summed E-state index contributed by atoms with van der Waals surface area (Å²) in [5, 5.41) is 14.0. The van der Waals surface area contributed by atoms with Crippen LogP contribution in [0.25, 0.3) is 0 Å². The van der Waals surface area contributed by atoms with Gasteiger partial charge in [-0.25, -0.2) is 0 Å². The molecule has 0 aromatic heterocycles. The van der Waals surface area contributed by atoms with Gasteiger partial charge in [-0.2, -0.15) is 11.8 Å². The third kappa shape index (κ3) is 4.50. The average molecular weight is 347 g/mol. The molecule has 0 saturated carbocycles. The zero-order valence-electron chi connectivity index (χ0n) is 10.7. The number of nitro benzene ring substituents is 1. The number of nitrogens with one attached hydrogen (secondary N) is 1. The number of hydrogen-bond acceptors (Lipinski definition) is 4. The highest BCUT2D eigenvalue weighted by Crippen LogP contribution is 2.28. The van der Waals surface area contributed by atoms with Crippen molar-refractivity contribution in [3.05, 3.63) is 38.3 Å². The van der Waals surface area contributed by atoms with E-state index in [1.165, 1.54) is 12.1 Å². The fourth-order valence-corrected chi connectivity index (χ4v) is 2.38. The van der Waals surface area contributed by atoms with Crippen LogP contribution < -0.4 is 5.32 Å². The summed E-state index contributed by atoms with van der Waals surface area (Å²) >= 11 is 4.84. The quantitative estimate of drug-likeness (QED) is 0.633. The molecule has 19 heavy (non-hydrogen) atoms. The zero-order valence-corrected chi connectivity index (χ0v) is 13.1. The summed E-state index contributed by atoms with van der Waals surface area (Å²) in [6.45, 7) is 2.63. The number of carbonyl (C=O) groups excluding carboxylic acids is 1. The molecule has 0 aliphatic rings. The van der Waals surface area contributed by atoms with Gasteiger partial charge in [0.15, 0.2) is 0 Å². The van der Waals surface area contributed by atoms with Gasteiger partial charge in [-0.15, -0.1) is 0 Å². The first-order valence-electron chi connectivity index (χ1n) is 5.71. The van der Waals surface area contributed by atoms with Gasteiger partial charge in [-0.3, -0.25) is 14.9 Å². The van der Waals surface area contributed by atoms with Crippen molar-refractivity contribution in [3.63, 3.8) is 0 Å². The van der Waals surface area contributed by atoms with E-state index in [0.717, 1.165) is 6.42 Å². The molecule has 0 spiro atoms. The Morgan fingerprint density at radius 2 is 2.26 bits per heavy atom. The summed E-state index contributed by atoms with van der Waals surface area (Å²) < 4.78 is 0.218. The summed E-state index contributed by atoms with van der Waals surface area (Å²) in [5.41, 5.74) is 0.177. The van der Waals surface area contributed by atoms with Crippen molar-refractivity contribution in [2.45, 2.75) is 18.6 Å². The topological polar surface area (TPSA) is 72.2 Å². The molecule has 0 radical (unpaired) electrons. The molecule has 0 saturated heterocycles. The third-order valence-corrected chi connectivity index (χ3v) is 4.53. The number of rotatable bonds is 6. The SMILES string of the molecule is CSC(C)CCNC(=O)c1cccc([N+](=O)[O-])c1Br. The highest BCUT2D eigenvalue weighted by Gasteiger charge is 2.19. The summed E-state index contributed by atoms with van der Waals surface area (Å²) in [6.07, 6.45) is 2.88. The van der Waals surface area contributed by atoms with Gasteiger partial charge in [0.25, 0.3) is 11.6 Å². The average Bonchev–Trinajstić information content (AvgIpc) is 2.38. The Hall–Kier alpha value is -1.08. The minimum Gasteiger partial charge on any atom is -0.352 e. The van der Waals surface area contributed by atoms with Crippen LogP contribution in [0.3, 0.4) is 0 Å². The Kier molecular flexibility index (Phi) is 6.30. The van der Waals surface area contributed by atoms with Crippen LogP contribution in [-0.2, 0) is 0 Å². The lowest BCUT2D eigenvalue weighted by Gasteiger charge is -2.10. The number of hydrogen-bond donors (Lipinski definition) is 1. The van der Waals surface area contributed by atoms with Crippen molar-refractivity contribution in [1.29, 1.82) is 0 Å². The predicted molar refractivity (Wildman–Crippen MR) is 80.7 cm³/mol. The molecule has 0 bridgehead atoms. The summed E-state index contributed by atoms with van der Waals surface area (Å²) in [7, 11) is 0. The Bertz CT molecular complexity index is 482. The standard InChI is InChI=1S/C12H15BrN2O3S/c1-8(19-2)6-7-14-12(16)9-4-3-5-10(11(9)13)15(17)18/h3-5,8H,6-7H2,1-2H3,(H,14,16). The normalized spacial score (nSPS) is 11.9. The highest BCUT2D eigenvalue weighted by atomic mass is 79.9. The number of benzene rings is 1. The predicted octanol–water partition coefficient (Wildman–Crippen LogP) is 3.23. The first-order valence-corrected chi connectivity index (χ1v) is 7.79. The van der Waals surface area contributed by atoms with E-state index in [4.69, 9.17) is 0 Å². The van der Waals surface area contributed by atoms with Crippen molar-refractivity contribution in [2.75, 3.05) is 12.8 Å². The van der Waals surface area contributed by atoms with Gasteiger partial charge in [-0.1, -0.05) is 13.0 Å². The van der Waals surface area contributed by atoms with Crippen LogP contribution in [0.1, 0.15) is 23.7 Å². The maximum Gasteiger partial charge on any atom is 0.284 e. The van der Waals surface area contributed by atoms with E-state index >= 15 is 0 Å². The van der Waals surface area contributed by atoms with Gasteiger partial charge in [0, 0.05) is 17.9 Å². The number of carbonyl (C=O) groups is 1. The number of halogens is 1. The molecule has 104 valence electrons. The van der Waals surface area contributed by atoms with Gasteiger partial charge in [0.2, 0.25) is 0 Å². The lowest BCUT2D eigenvalue weighted by Crippen LogP contribution is -2.26. The third-order valence-electron chi connectivity index (χ3n) is 2.66. The van der Waals surface area contributed by atoms with Crippen LogP contribution in [0.5, 0.6) is 0 Å². The first-order chi connectivity index (χ1) is 8.97. The highest BCUT2D eigenvalue weighted by molar-refractivity contribution is 9.10. The van der Waals surface area contributed by atoms with E-state index in [2.05, 4.69) is 28.2 Å². The maximum absolute atomic E-state index is 11.9. The fraction of sp³-hybridized carbons (Fsp3) is 0.417. The van der Waals surface area contributed by atoms with Gasteiger partial charge in [-0.05, 0) is 34.7 Å². The van der Waals surface area contributed by atoms with Crippen LogP contribution in [0, 0.1) is 10.1 Å². The number of nitro groups is 1. The molecular weight excluding hydrogens is 332 g/mol. The molecule has 1 aromatic carbocycles. The molecule has 0 heterocycles. The summed E-state index contributed by atoms with van der Waals surface area (Å²) in [4.78, 5) is 22.2. The molecule has 7 heteroatoms. The van der Waals surface area contributed by atoms with Crippen molar-refractivity contribution >= 4 is 39.3 Å². The number of amides is 1. The summed E-state index contributed by atoms with van der Waals surface area (Å²) in [5.74, 6) is -0.302. The van der Waals surface area contributed by atoms with Crippen molar-refractivity contribution in [1.82, 2.24) is 5.32 Å². The van der Waals surface area contributed by atoms with Crippen LogP contribution in [0.2, 0.25) is 0 Å². The molecule has 0 aliphatic carbocycles. The number of nitrogens with zero attached hydrogens (tertiary/aromatic N) is 1. The Balaban J connectivity index is 2.72. The molecule has 5 nitrogen and oxygen atoms in total. The van der Waals surface area contributed by atoms with E-state index < -0.39 is 4.92 Å². The molecule has 1 unspecified atom stereocenters. The van der Waals surface area contributed by atoms with Crippen molar-refractivity contribution in [3.8, 4) is 0 Å². The van der Waals surface area contributed by atoms with Crippen molar-refractivity contribution in [2.24, 2.45) is 0 Å². The monoisotopic (exact) mass is 346 g/mol. The minimum atomic E-state index is -0.517. The second-order valence-corrected chi connectivity index (χ2v) is 6.06. The second-order valence-electron chi connectivity index (χ2n) is 3.99. The molecule has 1 amide bonds. The molecule has 0 fully saturated rings. The Morgan fingerprint density at radius 1 is 1.58 bits per heavy atom. The van der Waals surface area contributed by atoms with Gasteiger partial charge in [0.1, 0.15) is 4.47 Å². The Labute approximate surface area is 124 Å². The molecule has 1 N–H and O–H groups in total. The van der Waals surface area contributed by atoms with E-state index in [9.17, 15) is 14.9 Å². The summed E-state index contributed by atoms with van der Waals surface area (Å²) in [6, 6.07) is 4.42. The van der Waals surface area contributed by atoms with Gasteiger partial charge < -0.3 is 5.32 Å². The molecule has 0 aliphatic heterocycles. The Morgan fingerprint density at radius 3 is 2.84 bits per heavy atom.